The molecule has 0 saturated carbocycles. The van der Waals surface area contributed by atoms with E-state index in [1.54, 1.807) is 0 Å². The van der Waals surface area contributed by atoms with Gasteiger partial charge in [-0.3, -0.25) is 0 Å². The minimum atomic E-state index is 0.386. The Hall–Kier alpha value is -0.870. The topological polar surface area (TPSA) is 12.0 Å². The molecular weight excluding hydrogens is 357 g/mol. The van der Waals surface area contributed by atoms with E-state index in [1.807, 2.05) is 0 Å². The Labute approximate surface area is 135 Å². The lowest BCUT2D eigenvalue weighted by atomic mass is 9.96. The zero-order chi connectivity index (χ0) is 14.5. The lowest BCUT2D eigenvalue weighted by Crippen LogP contribution is -2.23. The molecule has 0 bridgehead atoms. The number of hydrogen-bond acceptors (Lipinski definition) is 1. The van der Waals surface area contributed by atoms with Crippen LogP contribution in [0.1, 0.15) is 35.2 Å². The number of nitrogens with one attached hydrogen (secondary N) is 1. The first-order valence-corrected chi connectivity index (χ1v) is 8.23. The number of rotatable bonds is 5. The first kappa shape index (κ1) is 15.5. The number of hydrogen-bond donors (Lipinski definition) is 1. The maximum Gasteiger partial charge on any atom is 0.0361 e. The van der Waals surface area contributed by atoms with E-state index in [0.717, 1.165) is 13.0 Å². The summed E-state index contributed by atoms with van der Waals surface area (Å²) in [7, 11) is 0. The molecule has 1 N–H and O–H groups in total. The predicted octanol–water partition coefficient (Wildman–Crippen LogP) is 4.80. The Balaban J connectivity index is 2.22. The van der Waals surface area contributed by atoms with Gasteiger partial charge in [0.2, 0.25) is 0 Å². The van der Waals surface area contributed by atoms with Gasteiger partial charge in [-0.15, -0.1) is 0 Å². The Morgan fingerprint density at radius 2 is 1.85 bits per heavy atom. The third kappa shape index (κ3) is 4.06. The molecule has 0 spiro atoms. The first-order valence-electron chi connectivity index (χ1n) is 7.15. The molecule has 2 heteroatoms. The van der Waals surface area contributed by atoms with Crippen LogP contribution < -0.4 is 5.32 Å². The maximum absolute atomic E-state index is 3.61. The second-order valence-corrected chi connectivity index (χ2v) is 6.53. The molecule has 1 atom stereocenters. The van der Waals surface area contributed by atoms with Gasteiger partial charge in [0.1, 0.15) is 0 Å². The van der Waals surface area contributed by atoms with Crippen LogP contribution in [0.4, 0.5) is 0 Å². The summed E-state index contributed by atoms with van der Waals surface area (Å²) in [4.78, 5) is 0. The molecule has 20 heavy (non-hydrogen) atoms. The summed E-state index contributed by atoms with van der Waals surface area (Å²) in [6, 6.07) is 15.9. The van der Waals surface area contributed by atoms with Crippen molar-refractivity contribution in [1.82, 2.24) is 5.32 Å². The van der Waals surface area contributed by atoms with E-state index in [0.29, 0.717) is 6.04 Å². The quantitative estimate of drug-likeness (QED) is 0.736. The lowest BCUT2D eigenvalue weighted by Gasteiger charge is -2.19. The van der Waals surface area contributed by atoms with Crippen LogP contribution in [-0.4, -0.2) is 6.54 Å². The summed E-state index contributed by atoms with van der Waals surface area (Å²) >= 11 is 2.38. The zero-order valence-corrected chi connectivity index (χ0v) is 14.6. The normalized spacial score (nSPS) is 12.4. The molecular formula is C18H22IN. The fourth-order valence-corrected chi connectivity index (χ4v) is 3.01. The predicted molar refractivity (Wildman–Crippen MR) is 95.2 cm³/mol. The average Bonchev–Trinajstić information content (AvgIpc) is 2.42. The van der Waals surface area contributed by atoms with Crippen molar-refractivity contribution in [1.29, 1.82) is 0 Å². The smallest absolute Gasteiger partial charge is 0.0361 e. The number of benzene rings is 2. The molecule has 0 fully saturated rings. The summed E-state index contributed by atoms with van der Waals surface area (Å²) < 4.78 is 1.29. The molecule has 106 valence electrons. The van der Waals surface area contributed by atoms with Gasteiger partial charge in [0.25, 0.3) is 0 Å². The molecule has 2 rings (SSSR count). The van der Waals surface area contributed by atoms with Gasteiger partial charge in [0.15, 0.2) is 0 Å². The van der Waals surface area contributed by atoms with E-state index in [9.17, 15) is 0 Å². The number of likely N-dealkylation sites (N-methyl/N-ethyl adjacent to an activating group) is 1. The minimum Gasteiger partial charge on any atom is -0.310 e. The van der Waals surface area contributed by atoms with Crippen molar-refractivity contribution in [3.8, 4) is 0 Å². The number of halogens is 1. The van der Waals surface area contributed by atoms with Crippen molar-refractivity contribution in [2.24, 2.45) is 0 Å². The highest BCUT2D eigenvalue weighted by Gasteiger charge is 2.11. The van der Waals surface area contributed by atoms with Crippen LogP contribution in [0.3, 0.4) is 0 Å². The lowest BCUT2D eigenvalue weighted by molar-refractivity contribution is 0.549. The summed E-state index contributed by atoms with van der Waals surface area (Å²) in [5.41, 5.74) is 5.51. The first-order chi connectivity index (χ1) is 9.60. The third-order valence-corrected chi connectivity index (χ3v) is 4.38. The van der Waals surface area contributed by atoms with Crippen LogP contribution in [0.5, 0.6) is 0 Å². The third-order valence-electron chi connectivity index (χ3n) is 3.71. The standard InChI is InChI=1S/C18H22IN/c1-4-20-18(16-6-5-7-17(19)12-16)11-15-9-8-13(2)14(3)10-15/h5-10,12,18,20H,4,11H2,1-3H3. The minimum absolute atomic E-state index is 0.386. The Morgan fingerprint density at radius 3 is 2.50 bits per heavy atom. The highest BCUT2D eigenvalue weighted by Crippen LogP contribution is 2.21. The van der Waals surface area contributed by atoms with Gasteiger partial charge in [-0.2, -0.15) is 0 Å². The highest BCUT2D eigenvalue weighted by molar-refractivity contribution is 14.1. The van der Waals surface area contributed by atoms with E-state index in [2.05, 4.69) is 91.1 Å². The molecule has 0 radical (unpaired) electrons. The van der Waals surface area contributed by atoms with Crippen molar-refractivity contribution in [2.45, 2.75) is 33.2 Å². The van der Waals surface area contributed by atoms with Crippen molar-refractivity contribution < 1.29 is 0 Å². The van der Waals surface area contributed by atoms with E-state index in [-0.39, 0.29) is 0 Å². The highest BCUT2D eigenvalue weighted by atomic mass is 127. The molecule has 0 amide bonds. The zero-order valence-electron chi connectivity index (χ0n) is 12.4. The van der Waals surface area contributed by atoms with Gasteiger partial charge in [-0.05, 0) is 83.8 Å². The Bertz CT molecular complexity index is 577. The molecule has 1 nitrogen and oxygen atoms in total. The molecule has 0 heterocycles. The molecule has 0 aliphatic heterocycles. The van der Waals surface area contributed by atoms with Crippen LogP contribution in [0, 0.1) is 17.4 Å². The van der Waals surface area contributed by atoms with Crippen LogP contribution in [0.15, 0.2) is 42.5 Å². The summed E-state index contributed by atoms with van der Waals surface area (Å²) in [5, 5.41) is 3.61. The van der Waals surface area contributed by atoms with Crippen LogP contribution in [-0.2, 0) is 6.42 Å². The largest absolute Gasteiger partial charge is 0.310 e. The molecule has 1 unspecified atom stereocenters. The van der Waals surface area contributed by atoms with Crippen molar-refractivity contribution in [2.75, 3.05) is 6.54 Å². The van der Waals surface area contributed by atoms with Gasteiger partial charge in [-0.25, -0.2) is 0 Å². The molecule has 0 aliphatic rings. The molecule has 0 aliphatic carbocycles. The van der Waals surface area contributed by atoms with Crippen molar-refractivity contribution in [3.63, 3.8) is 0 Å². The summed E-state index contributed by atoms with van der Waals surface area (Å²) in [6.07, 6.45) is 1.04. The van der Waals surface area contributed by atoms with Crippen LogP contribution in [0.25, 0.3) is 0 Å². The van der Waals surface area contributed by atoms with Crippen LogP contribution in [0.2, 0.25) is 0 Å². The molecule has 2 aromatic carbocycles. The molecule has 2 aromatic rings. The summed E-state index contributed by atoms with van der Waals surface area (Å²) in [5.74, 6) is 0. The SMILES string of the molecule is CCNC(Cc1ccc(C)c(C)c1)c1cccc(I)c1. The fourth-order valence-electron chi connectivity index (χ4n) is 2.44. The van der Waals surface area contributed by atoms with Crippen molar-refractivity contribution in [3.05, 3.63) is 68.3 Å². The van der Waals surface area contributed by atoms with Gasteiger partial charge >= 0.3 is 0 Å². The van der Waals surface area contributed by atoms with E-state index in [1.165, 1.54) is 25.8 Å². The van der Waals surface area contributed by atoms with Crippen LogP contribution >= 0.6 is 22.6 Å². The van der Waals surface area contributed by atoms with E-state index >= 15 is 0 Å². The van der Waals surface area contributed by atoms with Gasteiger partial charge in [-0.1, -0.05) is 37.3 Å². The average molecular weight is 379 g/mol. The van der Waals surface area contributed by atoms with Gasteiger partial charge < -0.3 is 5.32 Å². The van der Waals surface area contributed by atoms with Gasteiger partial charge in [0, 0.05) is 9.61 Å². The van der Waals surface area contributed by atoms with E-state index < -0.39 is 0 Å². The second-order valence-electron chi connectivity index (χ2n) is 5.29. The number of aryl methyl sites for hydroxylation is 2. The summed E-state index contributed by atoms with van der Waals surface area (Å²) in [6.45, 7) is 7.51. The molecule has 0 aromatic heterocycles. The van der Waals surface area contributed by atoms with Crippen molar-refractivity contribution >= 4 is 22.6 Å². The van der Waals surface area contributed by atoms with E-state index in [4.69, 9.17) is 0 Å². The Kier molecular flexibility index (Phi) is 5.61. The Morgan fingerprint density at radius 1 is 1.05 bits per heavy atom. The molecule has 0 saturated heterocycles. The second kappa shape index (κ2) is 7.23. The maximum atomic E-state index is 3.61. The van der Waals surface area contributed by atoms with Gasteiger partial charge in [0.05, 0.1) is 0 Å². The monoisotopic (exact) mass is 379 g/mol. The fraction of sp³-hybridized carbons (Fsp3) is 0.333.